The second-order valence-electron chi connectivity index (χ2n) is 4.34. The number of hydrogen-bond acceptors (Lipinski definition) is 2. The maximum absolute atomic E-state index is 10.9. The number of carboxylic acid groups (broad SMARTS) is 1. The molecule has 0 spiro atoms. The number of halogens is 1. The van der Waals surface area contributed by atoms with Crippen molar-refractivity contribution in [2.75, 3.05) is 7.11 Å². The van der Waals surface area contributed by atoms with Crippen LogP contribution in [0.5, 0.6) is 5.75 Å². The van der Waals surface area contributed by atoms with Gasteiger partial charge < -0.3 is 9.84 Å². The quantitative estimate of drug-likeness (QED) is 0.876. The van der Waals surface area contributed by atoms with Crippen LogP contribution in [0.15, 0.2) is 18.2 Å². The molecule has 0 saturated carbocycles. The lowest BCUT2D eigenvalue weighted by atomic mass is 9.86. The molecule has 0 fully saturated rings. The van der Waals surface area contributed by atoms with Crippen molar-refractivity contribution in [2.24, 2.45) is 5.92 Å². The molecule has 0 bridgehead atoms. The Bertz CT molecular complexity index is 402. The van der Waals surface area contributed by atoms with E-state index in [9.17, 15) is 4.79 Å². The fraction of sp³-hybridized carbons (Fsp3) is 0.462. The van der Waals surface area contributed by atoms with E-state index in [1.165, 1.54) is 0 Å². The number of methoxy groups -OCH3 is 1. The van der Waals surface area contributed by atoms with Crippen molar-refractivity contribution >= 4 is 17.6 Å². The first-order valence-corrected chi connectivity index (χ1v) is 5.88. The van der Waals surface area contributed by atoms with Crippen molar-refractivity contribution in [3.63, 3.8) is 0 Å². The van der Waals surface area contributed by atoms with Crippen LogP contribution in [0.2, 0.25) is 5.02 Å². The molecule has 1 aromatic carbocycles. The summed E-state index contributed by atoms with van der Waals surface area (Å²) in [5.74, 6) is 0.00932. The van der Waals surface area contributed by atoms with Crippen LogP contribution in [0.25, 0.3) is 0 Å². The summed E-state index contributed by atoms with van der Waals surface area (Å²) in [7, 11) is 1.57. The number of rotatable bonds is 5. The summed E-state index contributed by atoms with van der Waals surface area (Å²) in [4.78, 5) is 10.9. The van der Waals surface area contributed by atoms with E-state index in [0.717, 1.165) is 5.56 Å². The second-order valence-corrected chi connectivity index (χ2v) is 4.74. The molecule has 1 atom stereocenters. The highest BCUT2D eigenvalue weighted by Crippen LogP contribution is 2.34. The molecule has 0 saturated heterocycles. The Morgan fingerprint density at radius 2 is 2.12 bits per heavy atom. The number of aliphatic carboxylic acids is 1. The summed E-state index contributed by atoms with van der Waals surface area (Å²) in [5.41, 5.74) is 0.866. The zero-order valence-electron chi connectivity index (χ0n) is 10.2. The first-order valence-electron chi connectivity index (χ1n) is 5.51. The number of ether oxygens (including phenoxy) is 1. The van der Waals surface area contributed by atoms with Gasteiger partial charge in [-0.25, -0.2) is 0 Å². The van der Waals surface area contributed by atoms with E-state index >= 15 is 0 Å². The normalized spacial score (nSPS) is 12.5. The molecule has 3 nitrogen and oxygen atoms in total. The molecule has 0 aliphatic carbocycles. The fourth-order valence-electron chi connectivity index (χ4n) is 1.83. The standard InChI is InChI=1S/C13H17ClO3/c1-8(2)11(7-13(15)16)10-5-4-9(17-3)6-12(10)14/h4-6,8,11H,7H2,1-3H3,(H,15,16). The van der Waals surface area contributed by atoms with Gasteiger partial charge in [0.25, 0.3) is 0 Å². The zero-order chi connectivity index (χ0) is 13.0. The van der Waals surface area contributed by atoms with Crippen LogP contribution >= 0.6 is 11.6 Å². The van der Waals surface area contributed by atoms with Gasteiger partial charge in [-0.05, 0) is 29.5 Å². The van der Waals surface area contributed by atoms with Crippen LogP contribution in [-0.4, -0.2) is 18.2 Å². The van der Waals surface area contributed by atoms with Gasteiger partial charge in [-0.1, -0.05) is 31.5 Å². The van der Waals surface area contributed by atoms with Gasteiger partial charge in [-0.15, -0.1) is 0 Å². The van der Waals surface area contributed by atoms with E-state index in [1.54, 1.807) is 19.2 Å². The van der Waals surface area contributed by atoms with Gasteiger partial charge in [0.15, 0.2) is 0 Å². The summed E-state index contributed by atoms with van der Waals surface area (Å²) >= 11 is 6.16. The van der Waals surface area contributed by atoms with Crippen molar-refractivity contribution < 1.29 is 14.6 Å². The highest BCUT2D eigenvalue weighted by Gasteiger charge is 2.21. The first kappa shape index (κ1) is 13.8. The van der Waals surface area contributed by atoms with Gasteiger partial charge >= 0.3 is 5.97 Å². The van der Waals surface area contributed by atoms with E-state index in [-0.39, 0.29) is 18.3 Å². The summed E-state index contributed by atoms with van der Waals surface area (Å²) in [6, 6.07) is 5.36. The SMILES string of the molecule is COc1ccc(C(CC(=O)O)C(C)C)c(Cl)c1. The van der Waals surface area contributed by atoms with E-state index < -0.39 is 5.97 Å². The minimum Gasteiger partial charge on any atom is -0.497 e. The van der Waals surface area contributed by atoms with Crippen LogP contribution in [-0.2, 0) is 4.79 Å². The molecule has 94 valence electrons. The van der Waals surface area contributed by atoms with Gasteiger partial charge in [0, 0.05) is 5.02 Å². The largest absolute Gasteiger partial charge is 0.497 e. The van der Waals surface area contributed by atoms with Crippen LogP contribution in [0, 0.1) is 5.92 Å². The fourth-order valence-corrected chi connectivity index (χ4v) is 2.14. The predicted octanol–water partition coefficient (Wildman–Crippen LogP) is 3.56. The Kier molecular flexibility index (Phi) is 4.82. The second kappa shape index (κ2) is 5.92. The lowest BCUT2D eigenvalue weighted by molar-refractivity contribution is -0.137. The monoisotopic (exact) mass is 256 g/mol. The lowest BCUT2D eigenvalue weighted by Crippen LogP contribution is -2.12. The molecule has 0 aliphatic heterocycles. The number of benzene rings is 1. The Hall–Kier alpha value is -1.22. The molecular weight excluding hydrogens is 240 g/mol. The zero-order valence-corrected chi connectivity index (χ0v) is 11.0. The van der Waals surface area contributed by atoms with E-state index in [2.05, 4.69) is 0 Å². The van der Waals surface area contributed by atoms with Gasteiger partial charge in [0.2, 0.25) is 0 Å². The van der Waals surface area contributed by atoms with Crippen LogP contribution in [0.1, 0.15) is 31.7 Å². The molecule has 4 heteroatoms. The highest BCUT2D eigenvalue weighted by atomic mass is 35.5. The lowest BCUT2D eigenvalue weighted by Gasteiger charge is -2.21. The molecule has 1 N–H and O–H groups in total. The van der Waals surface area contributed by atoms with Crippen molar-refractivity contribution in [2.45, 2.75) is 26.2 Å². The third-order valence-corrected chi connectivity index (χ3v) is 3.13. The highest BCUT2D eigenvalue weighted by molar-refractivity contribution is 6.31. The topological polar surface area (TPSA) is 46.5 Å². The van der Waals surface area contributed by atoms with Crippen molar-refractivity contribution in [3.05, 3.63) is 28.8 Å². The minimum atomic E-state index is -0.810. The number of carbonyl (C=O) groups is 1. The van der Waals surface area contributed by atoms with E-state index in [1.807, 2.05) is 19.9 Å². The summed E-state index contributed by atoms with van der Waals surface area (Å²) in [6.45, 7) is 3.99. The maximum atomic E-state index is 10.9. The van der Waals surface area contributed by atoms with Crippen LogP contribution < -0.4 is 4.74 Å². The van der Waals surface area contributed by atoms with Crippen LogP contribution in [0.3, 0.4) is 0 Å². The molecule has 0 radical (unpaired) electrons. The number of hydrogen-bond donors (Lipinski definition) is 1. The van der Waals surface area contributed by atoms with Crippen LogP contribution in [0.4, 0.5) is 0 Å². The Labute approximate surface area is 106 Å². The predicted molar refractivity (Wildman–Crippen MR) is 67.8 cm³/mol. The average molecular weight is 257 g/mol. The Morgan fingerprint density at radius 1 is 1.47 bits per heavy atom. The Morgan fingerprint density at radius 3 is 2.53 bits per heavy atom. The third-order valence-electron chi connectivity index (χ3n) is 2.81. The van der Waals surface area contributed by atoms with E-state index in [4.69, 9.17) is 21.4 Å². The smallest absolute Gasteiger partial charge is 0.303 e. The molecule has 0 amide bonds. The molecule has 1 aromatic rings. The summed E-state index contributed by atoms with van der Waals surface area (Å²) in [6.07, 6.45) is 0.0870. The van der Waals surface area contributed by atoms with E-state index in [0.29, 0.717) is 10.8 Å². The van der Waals surface area contributed by atoms with Crippen molar-refractivity contribution in [3.8, 4) is 5.75 Å². The first-order chi connectivity index (χ1) is 7.95. The van der Waals surface area contributed by atoms with Crippen molar-refractivity contribution in [1.29, 1.82) is 0 Å². The van der Waals surface area contributed by atoms with Gasteiger partial charge in [0.05, 0.1) is 13.5 Å². The summed E-state index contributed by atoms with van der Waals surface area (Å²) in [5, 5.41) is 9.48. The average Bonchev–Trinajstić information content (AvgIpc) is 2.25. The van der Waals surface area contributed by atoms with Crippen molar-refractivity contribution in [1.82, 2.24) is 0 Å². The molecule has 0 heterocycles. The molecular formula is C13H17ClO3. The molecule has 1 unspecified atom stereocenters. The summed E-state index contributed by atoms with van der Waals surface area (Å²) < 4.78 is 5.07. The minimum absolute atomic E-state index is 0.0779. The molecule has 0 aromatic heterocycles. The molecule has 1 rings (SSSR count). The maximum Gasteiger partial charge on any atom is 0.303 e. The Balaban J connectivity index is 3.06. The van der Waals surface area contributed by atoms with Gasteiger partial charge in [0.1, 0.15) is 5.75 Å². The molecule has 17 heavy (non-hydrogen) atoms. The number of carboxylic acids is 1. The van der Waals surface area contributed by atoms with Gasteiger partial charge in [-0.3, -0.25) is 4.79 Å². The third kappa shape index (κ3) is 3.63. The van der Waals surface area contributed by atoms with Gasteiger partial charge in [-0.2, -0.15) is 0 Å². The molecule has 0 aliphatic rings.